The van der Waals surface area contributed by atoms with E-state index in [2.05, 4.69) is 17.6 Å². The summed E-state index contributed by atoms with van der Waals surface area (Å²) in [7, 11) is 0. The van der Waals surface area contributed by atoms with E-state index in [1.54, 1.807) is 0 Å². The van der Waals surface area contributed by atoms with Crippen LogP contribution in [0.15, 0.2) is 0 Å². The first-order chi connectivity index (χ1) is 7.25. The molecule has 0 bridgehead atoms. The Labute approximate surface area is 90.8 Å². The molecule has 0 aromatic rings. The number of hydrogen-bond donors (Lipinski definition) is 2. The quantitative estimate of drug-likeness (QED) is 0.706. The number of rotatable bonds is 3. The maximum atomic E-state index is 11.5. The average Bonchev–Trinajstić information content (AvgIpc) is 2.12. The number of amides is 1. The first-order valence-corrected chi connectivity index (χ1v) is 5.89. The van der Waals surface area contributed by atoms with E-state index in [9.17, 15) is 4.79 Å². The van der Waals surface area contributed by atoms with Crippen LogP contribution in [0.25, 0.3) is 0 Å². The lowest BCUT2D eigenvalue weighted by molar-refractivity contribution is -0.127. The van der Waals surface area contributed by atoms with Crippen molar-refractivity contribution in [1.29, 1.82) is 0 Å². The summed E-state index contributed by atoms with van der Waals surface area (Å²) in [6, 6.07) is 0. The van der Waals surface area contributed by atoms with Gasteiger partial charge in [-0.3, -0.25) is 4.79 Å². The highest BCUT2D eigenvalue weighted by atomic mass is 16.5. The molecule has 0 aromatic heterocycles. The van der Waals surface area contributed by atoms with Crippen molar-refractivity contribution in [3.8, 4) is 0 Å². The second-order valence-electron chi connectivity index (χ2n) is 4.60. The molecule has 15 heavy (non-hydrogen) atoms. The molecule has 2 aliphatic rings. The summed E-state index contributed by atoms with van der Waals surface area (Å²) in [4.78, 5) is 11.5. The van der Waals surface area contributed by atoms with Gasteiger partial charge in [0.25, 0.3) is 0 Å². The number of carbonyl (C=O) groups is 1. The van der Waals surface area contributed by atoms with Crippen LogP contribution in [0.5, 0.6) is 0 Å². The zero-order chi connectivity index (χ0) is 10.7. The van der Waals surface area contributed by atoms with E-state index in [0.29, 0.717) is 12.6 Å². The average molecular weight is 212 g/mol. The summed E-state index contributed by atoms with van der Waals surface area (Å²) >= 11 is 0. The minimum Gasteiger partial charge on any atom is -0.373 e. The first kappa shape index (κ1) is 10.9. The van der Waals surface area contributed by atoms with E-state index in [4.69, 9.17) is 4.74 Å². The van der Waals surface area contributed by atoms with Gasteiger partial charge >= 0.3 is 0 Å². The van der Waals surface area contributed by atoms with Gasteiger partial charge < -0.3 is 15.4 Å². The third-order valence-corrected chi connectivity index (χ3v) is 3.22. The Hall–Kier alpha value is -0.610. The molecule has 2 N–H and O–H groups in total. The molecule has 2 atom stereocenters. The fraction of sp³-hybridized carbons (Fsp3) is 0.909. The van der Waals surface area contributed by atoms with Gasteiger partial charge in [-0.2, -0.15) is 0 Å². The van der Waals surface area contributed by atoms with Crippen molar-refractivity contribution in [3.63, 3.8) is 0 Å². The molecule has 0 aromatic carbocycles. The number of ether oxygens (including phenoxy) is 1. The summed E-state index contributed by atoms with van der Waals surface area (Å²) in [5.74, 6) is 0.363. The molecular weight excluding hydrogens is 192 g/mol. The smallest absolute Gasteiger partial charge is 0.225 e. The second kappa shape index (κ2) is 4.94. The summed E-state index contributed by atoms with van der Waals surface area (Å²) in [5, 5.41) is 6.07. The Kier molecular flexibility index (Phi) is 3.59. The van der Waals surface area contributed by atoms with Gasteiger partial charge in [-0.1, -0.05) is 0 Å². The SMILES string of the molecule is CC1CCCC(CNC(=O)C2CNC2)O1. The van der Waals surface area contributed by atoms with Crippen LogP contribution >= 0.6 is 0 Å². The Morgan fingerprint density at radius 1 is 1.47 bits per heavy atom. The fourth-order valence-electron chi connectivity index (χ4n) is 2.08. The van der Waals surface area contributed by atoms with E-state index in [-0.39, 0.29) is 17.9 Å². The van der Waals surface area contributed by atoms with E-state index >= 15 is 0 Å². The first-order valence-electron chi connectivity index (χ1n) is 5.89. The highest BCUT2D eigenvalue weighted by Gasteiger charge is 2.26. The van der Waals surface area contributed by atoms with Crippen LogP contribution in [-0.2, 0) is 9.53 Å². The van der Waals surface area contributed by atoms with E-state index in [1.165, 1.54) is 6.42 Å². The van der Waals surface area contributed by atoms with Gasteiger partial charge in [0, 0.05) is 19.6 Å². The zero-order valence-electron chi connectivity index (χ0n) is 9.29. The predicted octanol–water partition coefficient (Wildman–Crippen LogP) is 0.280. The number of nitrogens with one attached hydrogen (secondary N) is 2. The minimum atomic E-state index is 0.176. The normalized spacial score (nSPS) is 32.1. The van der Waals surface area contributed by atoms with E-state index < -0.39 is 0 Å². The monoisotopic (exact) mass is 212 g/mol. The zero-order valence-corrected chi connectivity index (χ0v) is 9.29. The largest absolute Gasteiger partial charge is 0.373 e. The molecule has 1 amide bonds. The highest BCUT2D eigenvalue weighted by molar-refractivity contribution is 5.80. The maximum absolute atomic E-state index is 11.5. The molecule has 2 aliphatic heterocycles. The van der Waals surface area contributed by atoms with Crippen LogP contribution in [0.4, 0.5) is 0 Å². The molecule has 4 nitrogen and oxygen atoms in total. The van der Waals surface area contributed by atoms with Crippen molar-refractivity contribution in [2.45, 2.75) is 38.4 Å². The van der Waals surface area contributed by atoms with Gasteiger partial charge in [-0.15, -0.1) is 0 Å². The van der Waals surface area contributed by atoms with Gasteiger partial charge in [0.1, 0.15) is 0 Å². The lowest BCUT2D eigenvalue weighted by Crippen LogP contribution is -2.52. The minimum absolute atomic E-state index is 0.176. The van der Waals surface area contributed by atoms with E-state index in [0.717, 1.165) is 25.9 Å². The van der Waals surface area contributed by atoms with Crippen molar-refractivity contribution in [3.05, 3.63) is 0 Å². The van der Waals surface area contributed by atoms with Gasteiger partial charge in [-0.05, 0) is 26.2 Å². The standard InChI is InChI=1S/C11H20N2O2/c1-8-3-2-4-10(15-8)7-13-11(14)9-5-12-6-9/h8-10,12H,2-7H2,1H3,(H,13,14). The van der Waals surface area contributed by atoms with Crippen molar-refractivity contribution in [2.24, 2.45) is 5.92 Å². The van der Waals surface area contributed by atoms with Crippen LogP contribution in [0.2, 0.25) is 0 Å². The molecule has 2 saturated heterocycles. The molecule has 0 aliphatic carbocycles. The van der Waals surface area contributed by atoms with Gasteiger partial charge in [0.05, 0.1) is 18.1 Å². The molecule has 86 valence electrons. The fourth-order valence-corrected chi connectivity index (χ4v) is 2.08. The van der Waals surface area contributed by atoms with Crippen molar-refractivity contribution in [1.82, 2.24) is 10.6 Å². The van der Waals surface area contributed by atoms with Crippen molar-refractivity contribution < 1.29 is 9.53 Å². The second-order valence-corrected chi connectivity index (χ2v) is 4.60. The summed E-state index contributed by atoms with van der Waals surface area (Å²) in [6.45, 7) is 4.44. The summed E-state index contributed by atoms with van der Waals surface area (Å²) in [5.41, 5.74) is 0. The van der Waals surface area contributed by atoms with Gasteiger partial charge in [0.2, 0.25) is 5.91 Å². The van der Waals surface area contributed by atoms with E-state index in [1.807, 2.05) is 0 Å². The summed E-state index contributed by atoms with van der Waals surface area (Å²) in [6.07, 6.45) is 4.02. The maximum Gasteiger partial charge on any atom is 0.225 e. The lowest BCUT2D eigenvalue weighted by atomic mass is 10.0. The molecule has 2 unspecified atom stereocenters. The molecule has 2 heterocycles. The van der Waals surface area contributed by atoms with Crippen LogP contribution in [0, 0.1) is 5.92 Å². The number of carbonyl (C=O) groups excluding carboxylic acids is 1. The van der Waals surface area contributed by atoms with Crippen LogP contribution in [0.3, 0.4) is 0 Å². The predicted molar refractivity (Wildman–Crippen MR) is 57.6 cm³/mol. The van der Waals surface area contributed by atoms with Crippen LogP contribution in [0.1, 0.15) is 26.2 Å². The lowest BCUT2D eigenvalue weighted by Gasteiger charge is -2.30. The van der Waals surface area contributed by atoms with Crippen LogP contribution < -0.4 is 10.6 Å². The Morgan fingerprint density at radius 3 is 2.87 bits per heavy atom. The number of hydrogen-bond acceptors (Lipinski definition) is 3. The van der Waals surface area contributed by atoms with Crippen molar-refractivity contribution in [2.75, 3.05) is 19.6 Å². The molecule has 0 spiro atoms. The topological polar surface area (TPSA) is 50.4 Å². The Morgan fingerprint density at radius 2 is 2.27 bits per heavy atom. The van der Waals surface area contributed by atoms with Crippen LogP contribution in [-0.4, -0.2) is 37.7 Å². The molecule has 2 fully saturated rings. The third kappa shape index (κ3) is 2.92. The molecule has 2 rings (SSSR count). The molecule has 0 radical (unpaired) electrons. The van der Waals surface area contributed by atoms with Gasteiger partial charge in [0.15, 0.2) is 0 Å². The summed E-state index contributed by atoms with van der Waals surface area (Å²) < 4.78 is 5.74. The van der Waals surface area contributed by atoms with Crippen molar-refractivity contribution >= 4 is 5.91 Å². The molecule has 0 saturated carbocycles. The molecular formula is C11H20N2O2. The van der Waals surface area contributed by atoms with Gasteiger partial charge in [-0.25, -0.2) is 0 Å². The Balaban J connectivity index is 1.65. The highest BCUT2D eigenvalue weighted by Crippen LogP contribution is 2.17. The molecule has 4 heteroatoms. The third-order valence-electron chi connectivity index (χ3n) is 3.22. The Bertz CT molecular complexity index is 229.